The molecule has 0 rings (SSSR count). The summed E-state index contributed by atoms with van der Waals surface area (Å²) in [5.74, 6) is 0. The lowest BCUT2D eigenvalue weighted by Crippen LogP contribution is -2.05. The second-order valence-corrected chi connectivity index (χ2v) is 3.89. The van der Waals surface area contributed by atoms with E-state index in [9.17, 15) is 4.57 Å². The molecule has 2 atom stereocenters. The fourth-order valence-corrected chi connectivity index (χ4v) is 1.57. The molecule has 0 N–H and O–H groups in total. The van der Waals surface area contributed by atoms with Crippen LogP contribution in [0.5, 0.6) is 0 Å². The lowest BCUT2D eigenvalue weighted by atomic mass is 10.3. The summed E-state index contributed by atoms with van der Waals surface area (Å²) >= 11 is 0. The van der Waals surface area contributed by atoms with Crippen molar-refractivity contribution in [2.24, 2.45) is 0 Å². The Morgan fingerprint density at radius 1 is 1.08 bits per heavy atom. The molecule has 0 saturated carbocycles. The lowest BCUT2D eigenvalue weighted by molar-refractivity contribution is 0.141. The molecule has 0 aliphatic rings. The normalized spacial score (nSPS) is 18.7. The molecule has 2 unspecified atom stereocenters. The standard InChI is InChI=1S/C8H19O3P/c1-5-7(3)10-12(9)11-8(4)6-2/h7-8,12H,5-6H2,1-4H3. The molecule has 0 aromatic carbocycles. The molecule has 0 aromatic rings. The molecule has 4 heteroatoms. The summed E-state index contributed by atoms with van der Waals surface area (Å²) in [5.41, 5.74) is 0. The minimum absolute atomic E-state index is 0.0282. The van der Waals surface area contributed by atoms with Crippen LogP contribution in [0.25, 0.3) is 0 Å². The highest BCUT2D eigenvalue weighted by atomic mass is 31.1. The highest BCUT2D eigenvalue weighted by Crippen LogP contribution is 2.29. The minimum atomic E-state index is -2.26. The van der Waals surface area contributed by atoms with Gasteiger partial charge in [0.05, 0.1) is 12.2 Å². The van der Waals surface area contributed by atoms with Gasteiger partial charge in [0.2, 0.25) is 0 Å². The third kappa shape index (κ3) is 5.76. The van der Waals surface area contributed by atoms with Crippen LogP contribution in [-0.4, -0.2) is 12.2 Å². The van der Waals surface area contributed by atoms with Crippen molar-refractivity contribution in [1.29, 1.82) is 0 Å². The quantitative estimate of drug-likeness (QED) is 0.610. The predicted octanol–water partition coefficient (Wildman–Crippen LogP) is 3.01. The van der Waals surface area contributed by atoms with Gasteiger partial charge in [-0.3, -0.25) is 4.57 Å². The van der Waals surface area contributed by atoms with Gasteiger partial charge in [0.1, 0.15) is 0 Å². The maximum Gasteiger partial charge on any atom is 0.319 e. The van der Waals surface area contributed by atoms with Crippen LogP contribution in [0, 0.1) is 0 Å². The third-order valence-corrected chi connectivity index (χ3v) is 2.93. The van der Waals surface area contributed by atoms with Crippen LogP contribution >= 0.6 is 8.25 Å². The molecule has 0 amide bonds. The molecule has 0 heterocycles. The van der Waals surface area contributed by atoms with Crippen molar-refractivity contribution in [3.8, 4) is 0 Å². The first kappa shape index (κ1) is 12.2. The zero-order chi connectivity index (χ0) is 9.56. The molecule has 0 aromatic heterocycles. The van der Waals surface area contributed by atoms with Crippen LogP contribution in [0.15, 0.2) is 0 Å². The molecule has 0 aliphatic heterocycles. The number of hydrogen-bond donors (Lipinski definition) is 0. The van der Waals surface area contributed by atoms with E-state index in [4.69, 9.17) is 9.05 Å². The Morgan fingerprint density at radius 2 is 1.42 bits per heavy atom. The molecule has 0 saturated heterocycles. The molecule has 0 bridgehead atoms. The Balaban J connectivity index is 3.59. The fourth-order valence-electron chi connectivity index (χ4n) is 0.523. The molecule has 0 spiro atoms. The molecule has 3 nitrogen and oxygen atoms in total. The van der Waals surface area contributed by atoms with E-state index in [1.807, 2.05) is 27.7 Å². The number of hydrogen-bond acceptors (Lipinski definition) is 3. The van der Waals surface area contributed by atoms with Crippen molar-refractivity contribution < 1.29 is 13.6 Å². The molecule has 0 aliphatic carbocycles. The van der Waals surface area contributed by atoms with E-state index in [-0.39, 0.29) is 12.2 Å². The first-order chi connectivity index (χ1) is 5.60. The minimum Gasteiger partial charge on any atom is -0.308 e. The SMILES string of the molecule is CCC(C)O[PH](=O)OC(C)CC. The summed E-state index contributed by atoms with van der Waals surface area (Å²) in [5, 5.41) is 0. The highest BCUT2D eigenvalue weighted by Gasteiger charge is 2.08. The van der Waals surface area contributed by atoms with Crippen LogP contribution in [0.4, 0.5) is 0 Å². The molecule has 0 radical (unpaired) electrons. The van der Waals surface area contributed by atoms with Crippen molar-refractivity contribution >= 4 is 8.25 Å². The van der Waals surface area contributed by atoms with Crippen LogP contribution in [0.1, 0.15) is 40.5 Å². The Bertz CT molecular complexity index is 124. The largest absolute Gasteiger partial charge is 0.319 e. The van der Waals surface area contributed by atoms with E-state index in [1.165, 1.54) is 0 Å². The summed E-state index contributed by atoms with van der Waals surface area (Å²) in [6, 6.07) is 0. The average molecular weight is 194 g/mol. The van der Waals surface area contributed by atoms with Crippen molar-refractivity contribution in [2.45, 2.75) is 52.7 Å². The van der Waals surface area contributed by atoms with Crippen molar-refractivity contribution in [2.75, 3.05) is 0 Å². The molecular weight excluding hydrogens is 175 g/mol. The molecule has 74 valence electrons. The second kappa shape index (κ2) is 6.64. The Morgan fingerprint density at radius 3 is 1.67 bits per heavy atom. The van der Waals surface area contributed by atoms with Gasteiger partial charge in [0, 0.05) is 0 Å². The van der Waals surface area contributed by atoms with E-state index in [0.29, 0.717) is 0 Å². The van der Waals surface area contributed by atoms with Crippen LogP contribution < -0.4 is 0 Å². The van der Waals surface area contributed by atoms with Gasteiger partial charge >= 0.3 is 8.25 Å². The summed E-state index contributed by atoms with van der Waals surface area (Å²) in [6.07, 6.45) is 1.78. The lowest BCUT2D eigenvalue weighted by Gasteiger charge is -2.13. The molecular formula is C8H19O3P. The van der Waals surface area contributed by atoms with Gasteiger partial charge in [-0.1, -0.05) is 13.8 Å². The maximum atomic E-state index is 11.1. The maximum absolute atomic E-state index is 11.1. The Labute approximate surface area is 75.4 Å². The van der Waals surface area contributed by atoms with E-state index in [2.05, 4.69) is 0 Å². The summed E-state index contributed by atoms with van der Waals surface area (Å²) in [4.78, 5) is 0. The first-order valence-electron chi connectivity index (χ1n) is 4.47. The highest BCUT2D eigenvalue weighted by molar-refractivity contribution is 7.33. The first-order valence-corrected chi connectivity index (χ1v) is 5.69. The van der Waals surface area contributed by atoms with Gasteiger partial charge < -0.3 is 9.05 Å². The van der Waals surface area contributed by atoms with Gasteiger partial charge in [0.25, 0.3) is 0 Å². The van der Waals surface area contributed by atoms with Crippen molar-refractivity contribution in [3.63, 3.8) is 0 Å². The smallest absolute Gasteiger partial charge is 0.308 e. The van der Waals surface area contributed by atoms with Crippen molar-refractivity contribution in [3.05, 3.63) is 0 Å². The van der Waals surface area contributed by atoms with Gasteiger partial charge in [0.15, 0.2) is 0 Å². The van der Waals surface area contributed by atoms with Crippen LogP contribution in [0.3, 0.4) is 0 Å². The van der Waals surface area contributed by atoms with Gasteiger partial charge in [-0.15, -0.1) is 0 Å². The predicted molar refractivity (Wildman–Crippen MR) is 50.7 cm³/mol. The topological polar surface area (TPSA) is 35.5 Å². The zero-order valence-corrected chi connectivity index (χ0v) is 9.29. The van der Waals surface area contributed by atoms with Crippen LogP contribution in [-0.2, 0) is 13.6 Å². The number of rotatable bonds is 6. The monoisotopic (exact) mass is 194 g/mol. The Hall–Kier alpha value is 0.150. The van der Waals surface area contributed by atoms with Crippen LogP contribution in [0.2, 0.25) is 0 Å². The van der Waals surface area contributed by atoms with Gasteiger partial charge in [-0.25, -0.2) is 0 Å². The third-order valence-electron chi connectivity index (χ3n) is 1.74. The summed E-state index contributed by atoms with van der Waals surface area (Å²) in [6.45, 7) is 7.76. The second-order valence-electron chi connectivity index (χ2n) is 2.92. The average Bonchev–Trinajstić information content (AvgIpc) is 2.03. The summed E-state index contributed by atoms with van der Waals surface area (Å²) in [7, 11) is -2.26. The summed E-state index contributed by atoms with van der Waals surface area (Å²) < 4.78 is 21.3. The molecule has 12 heavy (non-hydrogen) atoms. The van der Waals surface area contributed by atoms with E-state index in [1.54, 1.807) is 0 Å². The van der Waals surface area contributed by atoms with E-state index in [0.717, 1.165) is 12.8 Å². The van der Waals surface area contributed by atoms with Gasteiger partial charge in [-0.2, -0.15) is 0 Å². The molecule has 0 fully saturated rings. The van der Waals surface area contributed by atoms with E-state index < -0.39 is 8.25 Å². The van der Waals surface area contributed by atoms with Crippen molar-refractivity contribution in [1.82, 2.24) is 0 Å². The Kier molecular flexibility index (Phi) is 6.73. The fraction of sp³-hybridized carbons (Fsp3) is 1.00. The van der Waals surface area contributed by atoms with Gasteiger partial charge in [-0.05, 0) is 26.7 Å². The zero-order valence-electron chi connectivity index (χ0n) is 8.29. The van der Waals surface area contributed by atoms with E-state index >= 15 is 0 Å².